The van der Waals surface area contributed by atoms with E-state index in [1.54, 1.807) is 11.3 Å². The topological polar surface area (TPSA) is 53.4 Å². The van der Waals surface area contributed by atoms with Crippen LogP contribution in [0.5, 0.6) is 0 Å². The van der Waals surface area contributed by atoms with Gasteiger partial charge in [0.1, 0.15) is 0 Å². The first-order valence-electron chi connectivity index (χ1n) is 5.65. The average molecular weight is 256 g/mol. The van der Waals surface area contributed by atoms with Gasteiger partial charge in [-0.15, -0.1) is 11.3 Å². The quantitative estimate of drug-likeness (QED) is 0.904. The second-order valence-corrected chi connectivity index (χ2v) is 6.38. The van der Waals surface area contributed by atoms with Crippen LogP contribution in [0.1, 0.15) is 36.3 Å². The fourth-order valence-corrected chi connectivity index (χ4v) is 2.66. The number of aromatic nitrogens is 1. The zero-order valence-corrected chi connectivity index (χ0v) is 11.9. The average Bonchev–Trinajstić information content (AvgIpc) is 2.42. The Bertz CT molecular complexity index is 407. The third-order valence-corrected chi connectivity index (χ3v) is 3.74. The maximum Gasteiger partial charge on any atom is 0.407 e. The fourth-order valence-electron chi connectivity index (χ4n) is 1.74. The second kappa shape index (κ2) is 5.04. The highest BCUT2D eigenvalue weighted by molar-refractivity contribution is 7.11. The number of hydrogen-bond acceptors (Lipinski definition) is 3. The van der Waals surface area contributed by atoms with E-state index in [1.165, 1.54) is 9.78 Å². The Kier molecular flexibility index (Phi) is 4.14. The van der Waals surface area contributed by atoms with Crippen molar-refractivity contribution in [3.63, 3.8) is 0 Å². The lowest BCUT2D eigenvalue weighted by atomic mass is 10.1. The second-order valence-electron chi connectivity index (χ2n) is 5.10. The number of aryl methyl sites for hydroxylation is 2. The number of rotatable bonds is 3. The summed E-state index contributed by atoms with van der Waals surface area (Å²) in [4.78, 5) is 18.2. The lowest BCUT2D eigenvalue weighted by Crippen LogP contribution is -2.45. The Morgan fingerprint density at radius 1 is 1.41 bits per heavy atom. The summed E-state index contributed by atoms with van der Waals surface area (Å²) in [5.74, 6) is 0. The third kappa shape index (κ3) is 3.70. The van der Waals surface area contributed by atoms with Crippen LogP contribution in [0.25, 0.3) is 0 Å². The molecule has 17 heavy (non-hydrogen) atoms. The summed E-state index contributed by atoms with van der Waals surface area (Å²) < 4.78 is 0. The van der Waals surface area contributed by atoms with Gasteiger partial charge in [-0.1, -0.05) is 0 Å². The minimum atomic E-state index is -0.864. The van der Waals surface area contributed by atoms with Crippen molar-refractivity contribution in [2.24, 2.45) is 0 Å². The number of amides is 1. The number of nitrogens with zero attached hydrogens (tertiary/aromatic N) is 2. The van der Waals surface area contributed by atoms with E-state index in [1.807, 2.05) is 34.6 Å². The molecule has 0 aliphatic heterocycles. The Labute approximate surface area is 106 Å². The zero-order chi connectivity index (χ0) is 13.2. The van der Waals surface area contributed by atoms with Crippen LogP contribution in [-0.4, -0.2) is 33.2 Å². The highest BCUT2D eigenvalue weighted by atomic mass is 32.1. The Morgan fingerprint density at radius 3 is 2.35 bits per heavy atom. The Hall–Kier alpha value is -1.10. The van der Waals surface area contributed by atoms with E-state index in [9.17, 15) is 9.90 Å². The normalized spacial score (nSPS) is 11.6. The molecular formula is C12H20N2O2S. The third-order valence-electron chi connectivity index (χ3n) is 2.60. The van der Waals surface area contributed by atoms with Crippen LogP contribution in [0, 0.1) is 13.8 Å². The summed E-state index contributed by atoms with van der Waals surface area (Å²) in [5, 5.41) is 10.2. The summed E-state index contributed by atoms with van der Waals surface area (Å²) in [5.41, 5.74) is 0.659. The largest absolute Gasteiger partial charge is 0.465 e. The van der Waals surface area contributed by atoms with Gasteiger partial charge in [-0.25, -0.2) is 9.78 Å². The molecule has 96 valence electrons. The van der Waals surface area contributed by atoms with Crippen molar-refractivity contribution in [3.05, 3.63) is 15.6 Å². The number of carbonyl (C=O) groups is 1. The standard InChI is InChI=1S/C12H20N2O2S/c1-8-10(17-9(2)13-8)6-7-14(11(15)16)12(3,4)5/h6-7H2,1-5H3,(H,15,16). The molecule has 1 amide bonds. The SMILES string of the molecule is Cc1nc(C)c(CCN(C(=O)O)C(C)(C)C)s1. The van der Waals surface area contributed by atoms with Crippen LogP contribution in [0.4, 0.5) is 4.79 Å². The molecule has 0 atom stereocenters. The van der Waals surface area contributed by atoms with Crippen LogP contribution >= 0.6 is 11.3 Å². The van der Waals surface area contributed by atoms with Crippen molar-refractivity contribution in [2.45, 2.75) is 46.6 Å². The predicted octanol–water partition coefficient (Wildman–Crippen LogP) is 3.08. The van der Waals surface area contributed by atoms with E-state index in [4.69, 9.17) is 0 Å². The first-order valence-corrected chi connectivity index (χ1v) is 6.47. The molecule has 0 aliphatic carbocycles. The molecule has 0 aromatic carbocycles. The molecule has 5 heteroatoms. The number of thiazole rings is 1. The first-order chi connectivity index (χ1) is 7.71. The van der Waals surface area contributed by atoms with E-state index in [0.717, 1.165) is 17.1 Å². The van der Waals surface area contributed by atoms with Gasteiger partial charge in [0.2, 0.25) is 0 Å². The van der Waals surface area contributed by atoms with Crippen LogP contribution in [0.2, 0.25) is 0 Å². The summed E-state index contributed by atoms with van der Waals surface area (Å²) in [7, 11) is 0. The minimum Gasteiger partial charge on any atom is -0.465 e. The van der Waals surface area contributed by atoms with Crippen molar-refractivity contribution < 1.29 is 9.90 Å². The highest BCUT2D eigenvalue weighted by Gasteiger charge is 2.25. The molecule has 1 aromatic rings. The van der Waals surface area contributed by atoms with Crippen LogP contribution in [-0.2, 0) is 6.42 Å². The molecule has 0 saturated heterocycles. The first kappa shape index (κ1) is 14.0. The lowest BCUT2D eigenvalue weighted by Gasteiger charge is -2.33. The monoisotopic (exact) mass is 256 g/mol. The zero-order valence-electron chi connectivity index (χ0n) is 11.1. The molecule has 0 unspecified atom stereocenters. The Morgan fingerprint density at radius 2 is 2.00 bits per heavy atom. The van der Waals surface area contributed by atoms with E-state index in [-0.39, 0.29) is 5.54 Å². The van der Waals surface area contributed by atoms with Gasteiger partial charge in [0, 0.05) is 23.4 Å². The number of carboxylic acid groups (broad SMARTS) is 1. The van der Waals surface area contributed by atoms with E-state index in [2.05, 4.69) is 4.98 Å². The van der Waals surface area contributed by atoms with Crippen molar-refractivity contribution in [3.8, 4) is 0 Å². The fraction of sp³-hybridized carbons (Fsp3) is 0.667. The van der Waals surface area contributed by atoms with Gasteiger partial charge in [-0.2, -0.15) is 0 Å². The van der Waals surface area contributed by atoms with E-state index < -0.39 is 6.09 Å². The maximum absolute atomic E-state index is 11.2. The Balaban J connectivity index is 2.71. The maximum atomic E-state index is 11.2. The molecule has 0 spiro atoms. The van der Waals surface area contributed by atoms with Gasteiger partial charge < -0.3 is 10.0 Å². The van der Waals surface area contributed by atoms with Gasteiger partial charge in [-0.3, -0.25) is 0 Å². The summed E-state index contributed by atoms with van der Waals surface area (Å²) in [6, 6.07) is 0. The van der Waals surface area contributed by atoms with Crippen molar-refractivity contribution in [1.82, 2.24) is 9.88 Å². The summed E-state index contributed by atoms with van der Waals surface area (Å²) in [6.45, 7) is 10.2. The van der Waals surface area contributed by atoms with Gasteiger partial charge in [0.25, 0.3) is 0 Å². The minimum absolute atomic E-state index is 0.362. The predicted molar refractivity (Wildman–Crippen MR) is 69.8 cm³/mol. The molecule has 1 N–H and O–H groups in total. The molecule has 0 saturated carbocycles. The van der Waals surface area contributed by atoms with Gasteiger partial charge in [0.15, 0.2) is 0 Å². The molecule has 4 nitrogen and oxygen atoms in total. The molecule has 0 bridgehead atoms. The molecular weight excluding hydrogens is 236 g/mol. The summed E-state index contributed by atoms with van der Waals surface area (Å²) >= 11 is 1.65. The van der Waals surface area contributed by atoms with Crippen molar-refractivity contribution in [2.75, 3.05) is 6.54 Å². The van der Waals surface area contributed by atoms with Crippen LogP contribution < -0.4 is 0 Å². The van der Waals surface area contributed by atoms with Gasteiger partial charge >= 0.3 is 6.09 Å². The molecule has 1 rings (SSSR count). The molecule has 0 radical (unpaired) electrons. The lowest BCUT2D eigenvalue weighted by molar-refractivity contribution is 0.101. The van der Waals surface area contributed by atoms with E-state index >= 15 is 0 Å². The molecule has 1 heterocycles. The van der Waals surface area contributed by atoms with Gasteiger partial charge in [0.05, 0.1) is 10.7 Å². The van der Waals surface area contributed by atoms with E-state index in [0.29, 0.717) is 6.54 Å². The van der Waals surface area contributed by atoms with Crippen LogP contribution in [0.15, 0.2) is 0 Å². The summed E-state index contributed by atoms with van der Waals surface area (Å²) in [6.07, 6.45) is -0.127. The smallest absolute Gasteiger partial charge is 0.407 e. The molecule has 0 aliphatic rings. The molecule has 0 fully saturated rings. The van der Waals surface area contributed by atoms with Crippen molar-refractivity contribution >= 4 is 17.4 Å². The number of hydrogen-bond donors (Lipinski definition) is 1. The van der Waals surface area contributed by atoms with Crippen LogP contribution in [0.3, 0.4) is 0 Å². The van der Waals surface area contributed by atoms with Gasteiger partial charge in [-0.05, 0) is 34.6 Å². The van der Waals surface area contributed by atoms with Crippen molar-refractivity contribution in [1.29, 1.82) is 0 Å². The highest BCUT2D eigenvalue weighted by Crippen LogP contribution is 2.20. The molecule has 1 aromatic heterocycles.